The van der Waals surface area contributed by atoms with E-state index in [2.05, 4.69) is 4.99 Å². The smallest absolute Gasteiger partial charge is 0.338 e. The molecule has 0 fully saturated rings. The third-order valence-corrected chi connectivity index (χ3v) is 6.78. The third kappa shape index (κ3) is 6.04. The molecule has 2 aromatic carbocycles. The Morgan fingerprint density at radius 2 is 1.68 bits per heavy atom. The standard InChI is InChI=1S/C29H28N2O8S/c1-6-36-23-14-19(8-13-22(23)39-18(5)33)15-24-27(34)31-26(20-9-11-21(12-10-20)38-17(4)32)25(28(35)37-7-2)16(3)30-29(31)40-24/h8-15,26H,6-7H2,1-5H3/b24-15+/t26-/m1/s1. The molecule has 1 aliphatic rings. The molecule has 0 unspecified atom stereocenters. The largest absolute Gasteiger partial charge is 0.490 e. The molecule has 11 heteroatoms. The SMILES string of the molecule is CCOC(=O)C1=C(C)N=c2s/c(=C/c3ccc(OC(C)=O)c(OCC)c3)c(=O)n2[C@@H]1c1ccc(OC(C)=O)cc1. The lowest BCUT2D eigenvalue weighted by Gasteiger charge is -2.24. The fourth-order valence-electron chi connectivity index (χ4n) is 4.26. The number of hydrogen-bond acceptors (Lipinski definition) is 10. The Balaban J connectivity index is 1.86. The minimum atomic E-state index is -0.811. The first-order valence-corrected chi connectivity index (χ1v) is 13.4. The molecule has 0 amide bonds. The Labute approximate surface area is 233 Å². The zero-order chi connectivity index (χ0) is 29.0. The van der Waals surface area contributed by atoms with E-state index < -0.39 is 23.9 Å². The van der Waals surface area contributed by atoms with Crippen molar-refractivity contribution in [2.24, 2.45) is 4.99 Å². The molecule has 1 aromatic heterocycles. The molecule has 40 heavy (non-hydrogen) atoms. The van der Waals surface area contributed by atoms with Crippen LogP contribution in [0.1, 0.15) is 51.8 Å². The van der Waals surface area contributed by atoms with Crippen molar-refractivity contribution in [2.75, 3.05) is 13.2 Å². The molecule has 0 radical (unpaired) electrons. The van der Waals surface area contributed by atoms with Crippen LogP contribution in [0.5, 0.6) is 17.2 Å². The molecule has 0 aliphatic carbocycles. The number of ether oxygens (including phenoxy) is 4. The molecule has 2 heterocycles. The van der Waals surface area contributed by atoms with E-state index in [4.69, 9.17) is 18.9 Å². The first-order chi connectivity index (χ1) is 19.1. The maximum absolute atomic E-state index is 13.8. The van der Waals surface area contributed by atoms with E-state index in [1.807, 2.05) is 6.92 Å². The molecule has 1 atom stereocenters. The number of benzene rings is 2. The maximum atomic E-state index is 13.8. The van der Waals surface area contributed by atoms with Gasteiger partial charge in [-0.05, 0) is 62.2 Å². The second-order valence-electron chi connectivity index (χ2n) is 8.70. The second kappa shape index (κ2) is 12.1. The van der Waals surface area contributed by atoms with Gasteiger partial charge in [0.2, 0.25) is 0 Å². The Hall–Kier alpha value is -4.51. The predicted molar refractivity (Wildman–Crippen MR) is 147 cm³/mol. The average molecular weight is 565 g/mol. The molecule has 208 valence electrons. The number of aromatic nitrogens is 1. The molecule has 0 spiro atoms. The van der Waals surface area contributed by atoms with Gasteiger partial charge >= 0.3 is 17.9 Å². The van der Waals surface area contributed by atoms with Crippen molar-refractivity contribution in [1.82, 2.24) is 4.57 Å². The number of hydrogen-bond donors (Lipinski definition) is 0. The molecule has 0 bridgehead atoms. The van der Waals surface area contributed by atoms with Gasteiger partial charge in [-0.3, -0.25) is 19.0 Å². The molecule has 3 aromatic rings. The van der Waals surface area contributed by atoms with Crippen molar-refractivity contribution in [2.45, 2.75) is 40.7 Å². The Bertz CT molecular complexity index is 1680. The van der Waals surface area contributed by atoms with Gasteiger partial charge in [0.25, 0.3) is 5.56 Å². The highest BCUT2D eigenvalue weighted by Gasteiger charge is 2.33. The second-order valence-corrected chi connectivity index (χ2v) is 9.71. The van der Waals surface area contributed by atoms with Gasteiger partial charge < -0.3 is 18.9 Å². The van der Waals surface area contributed by atoms with Crippen LogP contribution < -0.4 is 29.1 Å². The summed E-state index contributed by atoms with van der Waals surface area (Å²) in [5.74, 6) is -0.531. The van der Waals surface area contributed by atoms with Gasteiger partial charge in [-0.25, -0.2) is 9.79 Å². The first-order valence-electron chi connectivity index (χ1n) is 12.6. The number of thiazole rings is 1. The zero-order valence-electron chi connectivity index (χ0n) is 22.7. The highest BCUT2D eigenvalue weighted by Crippen LogP contribution is 2.32. The molecule has 0 saturated heterocycles. The van der Waals surface area contributed by atoms with Crippen LogP contribution in [0.15, 0.2) is 63.5 Å². The van der Waals surface area contributed by atoms with Crippen LogP contribution in [0, 0.1) is 0 Å². The number of esters is 3. The number of nitrogens with zero attached hydrogens (tertiary/aromatic N) is 2. The first kappa shape index (κ1) is 28.5. The molecule has 4 rings (SSSR count). The number of carbonyl (C=O) groups excluding carboxylic acids is 3. The number of fused-ring (bicyclic) bond motifs is 1. The summed E-state index contributed by atoms with van der Waals surface area (Å²) in [6.07, 6.45) is 1.69. The third-order valence-electron chi connectivity index (χ3n) is 5.79. The summed E-state index contributed by atoms with van der Waals surface area (Å²) in [5.41, 5.74) is 1.59. The zero-order valence-corrected chi connectivity index (χ0v) is 23.5. The van der Waals surface area contributed by atoms with Gasteiger partial charge in [0.1, 0.15) is 5.75 Å². The van der Waals surface area contributed by atoms with E-state index in [1.165, 1.54) is 29.8 Å². The summed E-state index contributed by atoms with van der Waals surface area (Å²) >= 11 is 1.18. The molecule has 10 nitrogen and oxygen atoms in total. The lowest BCUT2D eigenvalue weighted by atomic mass is 9.96. The van der Waals surface area contributed by atoms with Crippen LogP contribution in [-0.2, 0) is 19.1 Å². The lowest BCUT2D eigenvalue weighted by molar-refractivity contribution is -0.139. The molecular formula is C29H28N2O8S. The van der Waals surface area contributed by atoms with Crippen molar-refractivity contribution in [3.8, 4) is 17.2 Å². The monoisotopic (exact) mass is 564 g/mol. The molecule has 0 saturated carbocycles. The minimum absolute atomic E-state index is 0.156. The molecular weight excluding hydrogens is 536 g/mol. The fourth-order valence-corrected chi connectivity index (χ4v) is 5.31. The van der Waals surface area contributed by atoms with Crippen molar-refractivity contribution in [3.05, 3.63) is 84.5 Å². The lowest BCUT2D eigenvalue weighted by Crippen LogP contribution is -2.39. The minimum Gasteiger partial charge on any atom is -0.490 e. The van der Waals surface area contributed by atoms with Crippen LogP contribution in [0.2, 0.25) is 0 Å². The normalized spacial score (nSPS) is 14.7. The maximum Gasteiger partial charge on any atom is 0.338 e. The van der Waals surface area contributed by atoms with Crippen molar-refractivity contribution in [1.29, 1.82) is 0 Å². The van der Waals surface area contributed by atoms with Gasteiger partial charge in [-0.1, -0.05) is 29.5 Å². The predicted octanol–water partition coefficient (Wildman–Crippen LogP) is 3.05. The number of carbonyl (C=O) groups is 3. The highest BCUT2D eigenvalue weighted by molar-refractivity contribution is 7.07. The molecule has 0 N–H and O–H groups in total. The summed E-state index contributed by atoms with van der Waals surface area (Å²) in [7, 11) is 0. The summed E-state index contributed by atoms with van der Waals surface area (Å²) < 4.78 is 23.1. The Morgan fingerprint density at radius 1 is 0.975 bits per heavy atom. The van der Waals surface area contributed by atoms with Crippen LogP contribution in [0.25, 0.3) is 6.08 Å². The van der Waals surface area contributed by atoms with E-state index in [-0.39, 0.29) is 23.5 Å². The number of allylic oxidation sites excluding steroid dienone is 1. The van der Waals surface area contributed by atoms with Crippen molar-refractivity contribution >= 4 is 35.3 Å². The van der Waals surface area contributed by atoms with E-state index in [9.17, 15) is 19.2 Å². The van der Waals surface area contributed by atoms with Gasteiger partial charge in [-0.2, -0.15) is 0 Å². The number of rotatable bonds is 8. The van der Waals surface area contributed by atoms with E-state index in [0.717, 1.165) is 0 Å². The quantitative estimate of drug-likeness (QED) is 0.302. The molecule has 1 aliphatic heterocycles. The van der Waals surface area contributed by atoms with Crippen LogP contribution in [0.4, 0.5) is 0 Å². The van der Waals surface area contributed by atoms with Crippen LogP contribution >= 0.6 is 11.3 Å². The topological polar surface area (TPSA) is 122 Å². The Kier molecular flexibility index (Phi) is 8.64. The Morgan fingerprint density at radius 3 is 2.30 bits per heavy atom. The summed E-state index contributed by atoms with van der Waals surface area (Å²) in [5, 5.41) is 0. The van der Waals surface area contributed by atoms with Crippen molar-refractivity contribution in [3.63, 3.8) is 0 Å². The average Bonchev–Trinajstić information content (AvgIpc) is 3.19. The van der Waals surface area contributed by atoms with E-state index >= 15 is 0 Å². The van der Waals surface area contributed by atoms with Gasteiger partial charge in [0, 0.05) is 13.8 Å². The van der Waals surface area contributed by atoms with E-state index in [0.29, 0.717) is 44.3 Å². The van der Waals surface area contributed by atoms with Gasteiger partial charge in [-0.15, -0.1) is 0 Å². The summed E-state index contributed by atoms with van der Waals surface area (Å²) in [6.45, 7) is 8.33. The van der Waals surface area contributed by atoms with Crippen LogP contribution in [0.3, 0.4) is 0 Å². The van der Waals surface area contributed by atoms with Gasteiger partial charge in [0.05, 0.1) is 35.1 Å². The fraction of sp³-hybridized carbons (Fsp3) is 0.276. The summed E-state index contributed by atoms with van der Waals surface area (Å²) in [4.78, 5) is 54.7. The van der Waals surface area contributed by atoms with Crippen molar-refractivity contribution < 1.29 is 33.3 Å². The van der Waals surface area contributed by atoms with Gasteiger partial charge in [0.15, 0.2) is 16.3 Å². The van der Waals surface area contributed by atoms with Crippen LogP contribution in [-0.4, -0.2) is 35.7 Å². The van der Waals surface area contributed by atoms with E-state index in [1.54, 1.807) is 62.4 Å². The summed E-state index contributed by atoms with van der Waals surface area (Å²) in [6, 6.07) is 10.8. The highest BCUT2D eigenvalue weighted by atomic mass is 32.1.